The highest BCUT2D eigenvalue weighted by Gasteiger charge is 2.23. The van der Waals surface area contributed by atoms with E-state index in [0.717, 1.165) is 0 Å². The Bertz CT molecular complexity index is 1310. The molecular weight excluding hydrogens is 416 g/mol. The Morgan fingerprint density at radius 1 is 0.844 bits per heavy atom. The third kappa shape index (κ3) is 3.43. The molecule has 4 rings (SSSR count). The molecule has 0 N–H and O–H groups in total. The number of ether oxygens (including phenoxy) is 4. The average Bonchev–Trinajstić information content (AvgIpc) is 3.26. The van der Waals surface area contributed by atoms with E-state index in [9.17, 15) is 10.1 Å². The van der Waals surface area contributed by atoms with Crippen LogP contribution in [0.4, 0.5) is 5.69 Å². The van der Waals surface area contributed by atoms with Crippen molar-refractivity contribution in [3.8, 4) is 45.6 Å². The number of rotatable bonds is 7. The van der Waals surface area contributed by atoms with Gasteiger partial charge in [-0.05, 0) is 29.8 Å². The van der Waals surface area contributed by atoms with E-state index >= 15 is 0 Å². The van der Waals surface area contributed by atoms with Gasteiger partial charge in [-0.25, -0.2) is 4.98 Å². The summed E-state index contributed by atoms with van der Waals surface area (Å²) < 4.78 is 27.6. The summed E-state index contributed by atoms with van der Waals surface area (Å²) in [5.74, 6) is 1.84. The lowest BCUT2D eigenvalue weighted by molar-refractivity contribution is -0.385. The summed E-state index contributed by atoms with van der Waals surface area (Å²) in [6.07, 6.45) is 0. The first-order chi connectivity index (χ1) is 15.5. The molecule has 0 atom stereocenters. The fourth-order valence-electron chi connectivity index (χ4n) is 3.56. The summed E-state index contributed by atoms with van der Waals surface area (Å²) in [6, 6.07) is 13.7. The fourth-order valence-corrected chi connectivity index (χ4v) is 3.56. The van der Waals surface area contributed by atoms with Crippen molar-refractivity contribution in [2.24, 2.45) is 0 Å². The first kappa shape index (κ1) is 21.0. The smallest absolute Gasteiger partial charge is 0.311 e. The van der Waals surface area contributed by atoms with Gasteiger partial charge in [0.15, 0.2) is 22.8 Å². The molecule has 1 aromatic heterocycles. The second-order valence-corrected chi connectivity index (χ2v) is 6.70. The summed E-state index contributed by atoms with van der Waals surface area (Å²) in [6.45, 7) is 0. The Kier molecular flexibility index (Phi) is 5.55. The van der Waals surface area contributed by atoms with E-state index in [1.807, 2.05) is 12.1 Å². The fraction of sp³-hybridized carbons (Fsp3) is 0.174. The highest BCUT2D eigenvalue weighted by Crippen LogP contribution is 2.45. The predicted molar refractivity (Wildman–Crippen MR) is 118 cm³/mol. The third-order valence-corrected chi connectivity index (χ3v) is 5.04. The maximum atomic E-state index is 11.5. The number of oxazole rings is 1. The zero-order valence-electron chi connectivity index (χ0n) is 17.9. The Balaban J connectivity index is 1.90. The second kappa shape index (κ2) is 8.46. The lowest BCUT2D eigenvalue weighted by atomic mass is 10.0. The zero-order valence-corrected chi connectivity index (χ0v) is 17.9. The SMILES string of the molecule is COc1ccc(-c2cccc3nc(-c4ccc(OC)c(OC)c4OC)oc23)cc1[N+](=O)[O-]. The molecule has 0 radical (unpaired) electrons. The van der Waals surface area contributed by atoms with Gasteiger partial charge < -0.3 is 23.4 Å². The lowest BCUT2D eigenvalue weighted by Gasteiger charge is -2.14. The topological polar surface area (TPSA) is 106 Å². The van der Waals surface area contributed by atoms with Crippen LogP contribution in [0.5, 0.6) is 23.0 Å². The summed E-state index contributed by atoms with van der Waals surface area (Å²) in [5, 5.41) is 11.5. The molecule has 0 spiro atoms. The van der Waals surface area contributed by atoms with Crippen molar-refractivity contribution in [2.75, 3.05) is 28.4 Å². The van der Waals surface area contributed by atoms with E-state index in [2.05, 4.69) is 4.98 Å². The number of para-hydroxylation sites is 1. The minimum Gasteiger partial charge on any atom is -0.493 e. The molecule has 3 aromatic carbocycles. The number of hydrogen-bond donors (Lipinski definition) is 0. The van der Waals surface area contributed by atoms with Gasteiger partial charge in [-0.1, -0.05) is 18.2 Å². The van der Waals surface area contributed by atoms with Gasteiger partial charge in [0.2, 0.25) is 11.6 Å². The quantitative estimate of drug-likeness (QED) is 0.291. The number of nitro benzene ring substituents is 1. The number of hydrogen-bond acceptors (Lipinski definition) is 8. The van der Waals surface area contributed by atoms with Crippen molar-refractivity contribution < 1.29 is 28.3 Å². The van der Waals surface area contributed by atoms with E-state index in [1.165, 1.54) is 34.5 Å². The molecule has 4 aromatic rings. The number of nitro groups is 1. The van der Waals surface area contributed by atoms with Gasteiger partial charge >= 0.3 is 5.69 Å². The molecule has 164 valence electrons. The molecule has 0 aliphatic heterocycles. The molecule has 9 nitrogen and oxygen atoms in total. The standard InChI is InChI=1S/C23H20N2O7/c1-28-18-10-8-13(12-17(18)25(26)27)14-6-5-7-16-20(14)32-23(24-16)15-9-11-19(29-2)22(31-4)21(15)30-3/h5-12H,1-4H3. The minimum atomic E-state index is -0.483. The van der Waals surface area contributed by atoms with Crippen molar-refractivity contribution in [1.82, 2.24) is 4.98 Å². The van der Waals surface area contributed by atoms with Gasteiger partial charge in [0, 0.05) is 11.6 Å². The highest BCUT2D eigenvalue weighted by atomic mass is 16.6. The summed E-state index contributed by atoms with van der Waals surface area (Å²) >= 11 is 0. The Hall–Kier alpha value is -4.27. The van der Waals surface area contributed by atoms with Crippen LogP contribution in [0.2, 0.25) is 0 Å². The number of nitrogens with zero attached hydrogens (tertiary/aromatic N) is 2. The molecule has 0 bridgehead atoms. The predicted octanol–water partition coefficient (Wildman–Crippen LogP) is 5.10. The van der Waals surface area contributed by atoms with E-state index in [0.29, 0.717) is 50.9 Å². The van der Waals surface area contributed by atoms with Gasteiger partial charge in [-0.2, -0.15) is 0 Å². The van der Waals surface area contributed by atoms with E-state index < -0.39 is 4.92 Å². The number of fused-ring (bicyclic) bond motifs is 1. The molecule has 0 aliphatic carbocycles. The van der Waals surface area contributed by atoms with E-state index in [4.69, 9.17) is 23.4 Å². The van der Waals surface area contributed by atoms with Crippen molar-refractivity contribution >= 4 is 16.8 Å². The average molecular weight is 436 g/mol. The molecule has 0 amide bonds. The monoisotopic (exact) mass is 436 g/mol. The van der Waals surface area contributed by atoms with Crippen LogP contribution in [0.15, 0.2) is 52.9 Å². The Morgan fingerprint density at radius 2 is 1.56 bits per heavy atom. The molecular formula is C23H20N2O7. The van der Waals surface area contributed by atoms with Gasteiger partial charge in [-0.3, -0.25) is 10.1 Å². The van der Waals surface area contributed by atoms with Crippen molar-refractivity contribution in [3.05, 3.63) is 58.6 Å². The van der Waals surface area contributed by atoms with E-state index in [1.54, 1.807) is 30.3 Å². The molecule has 0 saturated heterocycles. The van der Waals surface area contributed by atoms with Crippen LogP contribution < -0.4 is 18.9 Å². The van der Waals surface area contributed by atoms with Crippen LogP contribution in [0.1, 0.15) is 0 Å². The van der Waals surface area contributed by atoms with Crippen LogP contribution in [-0.2, 0) is 0 Å². The number of benzene rings is 3. The van der Waals surface area contributed by atoms with Crippen molar-refractivity contribution in [1.29, 1.82) is 0 Å². The minimum absolute atomic E-state index is 0.136. The largest absolute Gasteiger partial charge is 0.493 e. The molecule has 0 aliphatic rings. The molecule has 9 heteroatoms. The Labute approximate surface area is 183 Å². The number of methoxy groups -OCH3 is 4. The van der Waals surface area contributed by atoms with Crippen LogP contribution in [0.25, 0.3) is 33.7 Å². The summed E-state index contributed by atoms with van der Waals surface area (Å²) in [4.78, 5) is 15.6. The van der Waals surface area contributed by atoms with Crippen LogP contribution in [-0.4, -0.2) is 38.3 Å². The first-order valence-electron chi connectivity index (χ1n) is 9.54. The third-order valence-electron chi connectivity index (χ3n) is 5.04. The summed E-state index contributed by atoms with van der Waals surface area (Å²) in [7, 11) is 5.97. The Morgan fingerprint density at radius 3 is 2.22 bits per heavy atom. The molecule has 0 fully saturated rings. The van der Waals surface area contributed by atoms with Crippen molar-refractivity contribution in [2.45, 2.75) is 0 Å². The summed E-state index contributed by atoms with van der Waals surface area (Å²) in [5.41, 5.74) is 2.78. The van der Waals surface area contributed by atoms with Crippen LogP contribution in [0.3, 0.4) is 0 Å². The van der Waals surface area contributed by atoms with Gasteiger partial charge in [0.05, 0.1) is 38.9 Å². The normalized spacial score (nSPS) is 10.8. The number of aromatic nitrogens is 1. The zero-order chi connectivity index (χ0) is 22.8. The maximum absolute atomic E-state index is 11.5. The van der Waals surface area contributed by atoms with E-state index in [-0.39, 0.29) is 11.4 Å². The molecule has 32 heavy (non-hydrogen) atoms. The van der Waals surface area contributed by atoms with Crippen LogP contribution in [0, 0.1) is 10.1 Å². The van der Waals surface area contributed by atoms with Gasteiger partial charge in [0.25, 0.3) is 0 Å². The van der Waals surface area contributed by atoms with Crippen molar-refractivity contribution in [3.63, 3.8) is 0 Å². The molecule has 0 unspecified atom stereocenters. The highest BCUT2D eigenvalue weighted by molar-refractivity contribution is 5.92. The first-order valence-corrected chi connectivity index (χ1v) is 9.54. The molecule has 1 heterocycles. The maximum Gasteiger partial charge on any atom is 0.311 e. The lowest BCUT2D eigenvalue weighted by Crippen LogP contribution is -1.96. The second-order valence-electron chi connectivity index (χ2n) is 6.70. The molecule has 0 saturated carbocycles. The van der Waals surface area contributed by atoms with Gasteiger partial charge in [0.1, 0.15) is 5.52 Å². The van der Waals surface area contributed by atoms with Crippen LogP contribution >= 0.6 is 0 Å². The van der Waals surface area contributed by atoms with Gasteiger partial charge in [-0.15, -0.1) is 0 Å².